The number of hydrogen-bond acceptors (Lipinski definition) is 5. The van der Waals surface area contributed by atoms with E-state index < -0.39 is 5.82 Å². The molecule has 2 aromatic heterocycles. The second kappa shape index (κ2) is 8.41. The molecule has 3 aliphatic rings. The molecule has 4 heterocycles. The lowest BCUT2D eigenvalue weighted by Gasteiger charge is -2.49. The monoisotopic (exact) mass is 418 g/mol. The van der Waals surface area contributed by atoms with Crippen LogP contribution in [0.2, 0.25) is 0 Å². The Bertz CT molecular complexity index is 1060. The second-order valence-corrected chi connectivity index (χ2v) is 8.19. The SMILES string of the molecule is O=C(c1cc(F)ccc1-c1ncccn1)N1CC2CCC1CC2COc1ccccn1. The van der Waals surface area contributed by atoms with Crippen LogP contribution in [-0.4, -0.2) is 45.0 Å². The Kier molecular flexibility index (Phi) is 5.32. The molecule has 3 aromatic rings. The number of amides is 1. The van der Waals surface area contributed by atoms with Gasteiger partial charge in [-0.1, -0.05) is 6.07 Å². The minimum atomic E-state index is -0.438. The van der Waals surface area contributed by atoms with Gasteiger partial charge in [-0.15, -0.1) is 0 Å². The maximum Gasteiger partial charge on any atom is 0.254 e. The summed E-state index contributed by atoms with van der Waals surface area (Å²) in [6.07, 6.45) is 7.88. The molecule has 0 N–H and O–H groups in total. The average Bonchev–Trinajstić information content (AvgIpc) is 2.84. The van der Waals surface area contributed by atoms with Gasteiger partial charge in [-0.05, 0) is 61.4 Å². The molecule has 2 saturated heterocycles. The fraction of sp³-hybridized carbons (Fsp3) is 0.333. The maximum atomic E-state index is 14.1. The van der Waals surface area contributed by atoms with Crippen molar-refractivity contribution < 1.29 is 13.9 Å². The molecular formula is C24H23FN4O2. The highest BCUT2D eigenvalue weighted by Gasteiger charge is 2.43. The van der Waals surface area contributed by atoms with Gasteiger partial charge in [0.2, 0.25) is 5.88 Å². The van der Waals surface area contributed by atoms with Gasteiger partial charge in [0.25, 0.3) is 5.91 Å². The van der Waals surface area contributed by atoms with E-state index in [9.17, 15) is 9.18 Å². The van der Waals surface area contributed by atoms with Gasteiger partial charge in [-0.2, -0.15) is 0 Å². The van der Waals surface area contributed by atoms with E-state index in [-0.39, 0.29) is 11.9 Å². The largest absolute Gasteiger partial charge is 0.477 e. The summed E-state index contributed by atoms with van der Waals surface area (Å²) < 4.78 is 20.0. The highest BCUT2D eigenvalue weighted by molar-refractivity contribution is 6.00. The topological polar surface area (TPSA) is 68.2 Å². The van der Waals surface area contributed by atoms with E-state index in [1.54, 1.807) is 30.7 Å². The molecule has 7 heteroatoms. The molecule has 3 fully saturated rings. The van der Waals surface area contributed by atoms with Crippen LogP contribution in [0.25, 0.3) is 11.4 Å². The third-order valence-electron chi connectivity index (χ3n) is 6.35. The molecule has 1 saturated carbocycles. The summed E-state index contributed by atoms with van der Waals surface area (Å²) >= 11 is 0. The van der Waals surface area contributed by atoms with Crippen molar-refractivity contribution in [2.24, 2.45) is 11.8 Å². The number of halogens is 1. The van der Waals surface area contributed by atoms with Gasteiger partial charge in [-0.3, -0.25) is 4.79 Å². The van der Waals surface area contributed by atoms with Crippen LogP contribution in [0.1, 0.15) is 29.6 Å². The van der Waals surface area contributed by atoms with Gasteiger partial charge in [0.05, 0.1) is 12.2 Å². The highest BCUT2D eigenvalue weighted by Crippen LogP contribution is 2.40. The number of fused-ring (bicyclic) bond motifs is 3. The molecule has 158 valence electrons. The van der Waals surface area contributed by atoms with Crippen LogP contribution < -0.4 is 4.74 Å². The van der Waals surface area contributed by atoms with Crippen molar-refractivity contribution in [3.63, 3.8) is 0 Å². The summed E-state index contributed by atoms with van der Waals surface area (Å²) in [5, 5.41) is 0. The van der Waals surface area contributed by atoms with Crippen LogP contribution in [0.5, 0.6) is 5.88 Å². The van der Waals surface area contributed by atoms with Gasteiger partial charge in [0.15, 0.2) is 5.82 Å². The predicted molar refractivity (Wildman–Crippen MR) is 113 cm³/mol. The Balaban J connectivity index is 1.33. The highest BCUT2D eigenvalue weighted by atomic mass is 19.1. The van der Waals surface area contributed by atoms with Crippen LogP contribution in [0.4, 0.5) is 4.39 Å². The summed E-state index contributed by atoms with van der Waals surface area (Å²) in [6.45, 7) is 1.26. The molecule has 2 aliphatic heterocycles. The number of carbonyl (C=O) groups is 1. The van der Waals surface area contributed by atoms with Crippen LogP contribution >= 0.6 is 0 Å². The van der Waals surface area contributed by atoms with Crippen LogP contribution in [0.15, 0.2) is 61.1 Å². The molecule has 6 nitrogen and oxygen atoms in total. The molecule has 0 radical (unpaired) electrons. The lowest BCUT2D eigenvalue weighted by molar-refractivity contribution is -0.00470. The summed E-state index contributed by atoms with van der Waals surface area (Å²) in [7, 11) is 0. The van der Waals surface area contributed by atoms with Crippen molar-refractivity contribution in [2.45, 2.75) is 25.3 Å². The van der Waals surface area contributed by atoms with Crippen LogP contribution in [-0.2, 0) is 0 Å². The lowest BCUT2D eigenvalue weighted by atomic mass is 9.72. The fourth-order valence-corrected chi connectivity index (χ4v) is 4.79. The quantitative estimate of drug-likeness (QED) is 0.627. The Morgan fingerprint density at radius 2 is 1.90 bits per heavy atom. The van der Waals surface area contributed by atoms with Gasteiger partial charge in [0, 0.05) is 42.8 Å². The van der Waals surface area contributed by atoms with Crippen LogP contribution in [0, 0.1) is 17.7 Å². The maximum absolute atomic E-state index is 14.1. The zero-order chi connectivity index (χ0) is 21.2. The van der Waals surface area contributed by atoms with Gasteiger partial charge in [0.1, 0.15) is 5.82 Å². The Labute approximate surface area is 180 Å². The number of piperidine rings is 2. The predicted octanol–water partition coefficient (Wildman–Crippen LogP) is 4.00. The van der Waals surface area contributed by atoms with E-state index in [2.05, 4.69) is 15.0 Å². The third-order valence-corrected chi connectivity index (χ3v) is 6.35. The molecule has 1 amide bonds. The van der Waals surface area contributed by atoms with Gasteiger partial charge in [-0.25, -0.2) is 19.3 Å². The van der Waals surface area contributed by atoms with Crippen molar-refractivity contribution in [1.82, 2.24) is 19.9 Å². The number of aromatic nitrogens is 3. The molecule has 3 unspecified atom stereocenters. The number of carbonyl (C=O) groups excluding carboxylic acids is 1. The van der Waals surface area contributed by atoms with Crippen molar-refractivity contribution in [1.29, 1.82) is 0 Å². The molecular weight excluding hydrogens is 395 g/mol. The van der Waals surface area contributed by atoms with Gasteiger partial charge < -0.3 is 9.64 Å². The van der Waals surface area contributed by atoms with E-state index in [1.165, 1.54) is 12.1 Å². The van der Waals surface area contributed by atoms with E-state index in [0.29, 0.717) is 47.8 Å². The lowest BCUT2D eigenvalue weighted by Crippen LogP contribution is -2.55. The fourth-order valence-electron chi connectivity index (χ4n) is 4.79. The number of pyridine rings is 1. The molecule has 31 heavy (non-hydrogen) atoms. The average molecular weight is 418 g/mol. The van der Waals surface area contributed by atoms with E-state index in [4.69, 9.17) is 4.74 Å². The molecule has 3 atom stereocenters. The van der Waals surface area contributed by atoms with Crippen molar-refractivity contribution in [3.05, 3.63) is 72.4 Å². The number of hydrogen-bond donors (Lipinski definition) is 0. The zero-order valence-corrected chi connectivity index (χ0v) is 17.0. The van der Waals surface area contributed by atoms with E-state index in [0.717, 1.165) is 19.3 Å². The second-order valence-electron chi connectivity index (χ2n) is 8.19. The van der Waals surface area contributed by atoms with Crippen molar-refractivity contribution in [2.75, 3.05) is 13.2 Å². The number of benzene rings is 1. The third kappa shape index (κ3) is 4.00. The first-order valence-corrected chi connectivity index (χ1v) is 10.6. The minimum absolute atomic E-state index is 0.127. The minimum Gasteiger partial charge on any atom is -0.477 e. The number of rotatable bonds is 5. The summed E-state index contributed by atoms with van der Waals surface area (Å²) in [5.41, 5.74) is 0.878. The summed E-state index contributed by atoms with van der Waals surface area (Å²) in [4.78, 5) is 28.1. The Hall–Kier alpha value is -3.35. The number of ether oxygens (including phenoxy) is 1. The molecule has 2 bridgehead atoms. The number of nitrogens with zero attached hydrogens (tertiary/aromatic N) is 4. The van der Waals surface area contributed by atoms with E-state index in [1.807, 2.05) is 23.1 Å². The molecule has 0 spiro atoms. The van der Waals surface area contributed by atoms with E-state index >= 15 is 0 Å². The smallest absolute Gasteiger partial charge is 0.254 e. The Morgan fingerprint density at radius 3 is 2.65 bits per heavy atom. The standard InChI is InChI=1S/C24H23FN4O2/c25-18-6-8-20(23-27-10-3-11-28-23)21(13-18)24(30)29-14-16-5-7-19(29)12-17(16)15-31-22-4-1-2-9-26-22/h1-4,6,8-11,13,16-17,19H,5,7,12,14-15H2. The zero-order valence-electron chi connectivity index (χ0n) is 17.0. The summed E-state index contributed by atoms with van der Waals surface area (Å²) in [6, 6.07) is 11.7. The first-order chi connectivity index (χ1) is 15.2. The Morgan fingerprint density at radius 1 is 1.06 bits per heavy atom. The van der Waals surface area contributed by atoms with Crippen LogP contribution in [0.3, 0.4) is 0 Å². The first kappa shape index (κ1) is 19.6. The molecule has 1 aromatic carbocycles. The molecule has 1 aliphatic carbocycles. The van der Waals surface area contributed by atoms with Crippen molar-refractivity contribution >= 4 is 5.91 Å². The first-order valence-electron chi connectivity index (χ1n) is 10.6. The normalized spacial score (nSPS) is 22.4. The van der Waals surface area contributed by atoms with Crippen molar-refractivity contribution in [3.8, 4) is 17.3 Å². The summed E-state index contributed by atoms with van der Waals surface area (Å²) in [5.74, 6) is 1.21. The molecule has 6 rings (SSSR count). The van der Waals surface area contributed by atoms with Gasteiger partial charge >= 0.3 is 0 Å².